The first-order chi connectivity index (χ1) is 9.13. The first-order valence-corrected chi connectivity index (χ1v) is 6.61. The van der Waals surface area contributed by atoms with Crippen molar-refractivity contribution < 1.29 is 4.74 Å². The molecule has 0 saturated carbocycles. The molecule has 0 spiro atoms. The molecular weight excluding hydrogens is 328 g/mol. The van der Waals surface area contributed by atoms with Crippen LogP contribution in [-0.2, 0) is 0 Å². The Morgan fingerprint density at radius 2 is 1.89 bits per heavy atom. The number of halogens is 2. The van der Waals surface area contributed by atoms with E-state index in [9.17, 15) is 0 Å². The van der Waals surface area contributed by atoms with E-state index in [0.29, 0.717) is 16.3 Å². The molecule has 0 heterocycles. The van der Waals surface area contributed by atoms with Crippen molar-refractivity contribution in [2.45, 2.75) is 0 Å². The van der Waals surface area contributed by atoms with Crippen molar-refractivity contribution in [1.29, 1.82) is 5.26 Å². The molecule has 2 aromatic rings. The second-order valence-corrected chi connectivity index (χ2v) is 5.04. The van der Waals surface area contributed by atoms with Crippen LogP contribution in [0.2, 0.25) is 5.02 Å². The van der Waals surface area contributed by atoms with Crippen LogP contribution >= 0.6 is 27.5 Å². The van der Waals surface area contributed by atoms with E-state index >= 15 is 0 Å². The number of hydrogen-bond acceptors (Lipinski definition) is 3. The van der Waals surface area contributed by atoms with E-state index in [0.717, 1.165) is 15.8 Å². The lowest BCUT2D eigenvalue weighted by Crippen LogP contribution is -1.92. The number of benzene rings is 2. The lowest BCUT2D eigenvalue weighted by atomic mass is 10.2. The summed E-state index contributed by atoms with van der Waals surface area (Å²) in [5, 5.41) is 12.6. The van der Waals surface area contributed by atoms with Crippen molar-refractivity contribution >= 4 is 38.9 Å². The van der Waals surface area contributed by atoms with Gasteiger partial charge in [0.1, 0.15) is 11.8 Å². The molecule has 0 aliphatic heterocycles. The van der Waals surface area contributed by atoms with Crippen LogP contribution in [0.25, 0.3) is 0 Å². The zero-order valence-corrected chi connectivity index (χ0v) is 12.4. The van der Waals surface area contributed by atoms with Crippen molar-refractivity contribution in [1.82, 2.24) is 0 Å². The van der Waals surface area contributed by atoms with E-state index in [1.165, 1.54) is 0 Å². The third-order valence-electron chi connectivity index (χ3n) is 2.53. The van der Waals surface area contributed by atoms with Gasteiger partial charge >= 0.3 is 0 Å². The minimum absolute atomic E-state index is 0.542. The van der Waals surface area contributed by atoms with E-state index in [1.807, 2.05) is 18.2 Å². The Bertz CT molecular complexity index is 652. The molecule has 3 nitrogen and oxygen atoms in total. The summed E-state index contributed by atoms with van der Waals surface area (Å²) in [6, 6.07) is 13.0. The highest BCUT2D eigenvalue weighted by Gasteiger charge is 2.04. The van der Waals surface area contributed by atoms with Crippen LogP contribution in [0.3, 0.4) is 0 Å². The number of hydrogen-bond donors (Lipinski definition) is 1. The average molecular weight is 338 g/mol. The summed E-state index contributed by atoms with van der Waals surface area (Å²) >= 11 is 9.41. The van der Waals surface area contributed by atoms with E-state index in [-0.39, 0.29) is 0 Å². The van der Waals surface area contributed by atoms with Crippen LogP contribution < -0.4 is 10.1 Å². The van der Waals surface area contributed by atoms with Crippen molar-refractivity contribution in [2.75, 3.05) is 12.4 Å². The number of anilines is 2. The lowest BCUT2D eigenvalue weighted by Gasteiger charge is -2.09. The quantitative estimate of drug-likeness (QED) is 0.881. The minimum atomic E-state index is 0.542. The fourth-order valence-electron chi connectivity index (χ4n) is 1.59. The van der Waals surface area contributed by atoms with Gasteiger partial charge in [0.05, 0.1) is 17.7 Å². The molecule has 0 unspecified atom stereocenters. The summed E-state index contributed by atoms with van der Waals surface area (Å²) < 4.78 is 5.85. The number of nitrogens with one attached hydrogen (secondary N) is 1. The number of ether oxygens (including phenoxy) is 1. The summed E-state index contributed by atoms with van der Waals surface area (Å²) in [6.45, 7) is 0. The molecule has 19 heavy (non-hydrogen) atoms. The van der Waals surface area contributed by atoms with Gasteiger partial charge in [-0.25, -0.2) is 0 Å². The Morgan fingerprint density at radius 1 is 1.21 bits per heavy atom. The highest BCUT2D eigenvalue weighted by atomic mass is 79.9. The number of rotatable bonds is 3. The molecule has 0 radical (unpaired) electrons. The lowest BCUT2D eigenvalue weighted by molar-refractivity contribution is 0.415. The molecule has 0 bridgehead atoms. The van der Waals surface area contributed by atoms with Gasteiger partial charge in [-0.1, -0.05) is 11.6 Å². The Morgan fingerprint density at radius 3 is 2.47 bits per heavy atom. The van der Waals surface area contributed by atoms with Gasteiger partial charge < -0.3 is 10.1 Å². The third kappa shape index (κ3) is 3.19. The van der Waals surface area contributed by atoms with Crippen LogP contribution in [0.5, 0.6) is 5.75 Å². The van der Waals surface area contributed by atoms with E-state index in [2.05, 4.69) is 27.3 Å². The summed E-state index contributed by atoms with van der Waals surface area (Å²) in [5.74, 6) is 0.633. The fourth-order valence-corrected chi connectivity index (χ4v) is 2.32. The van der Waals surface area contributed by atoms with E-state index in [1.54, 1.807) is 25.3 Å². The molecule has 2 rings (SSSR count). The molecule has 0 atom stereocenters. The maximum atomic E-state index is 8.86. The van der Waals surface area contributed by atoms with Crippen LogP contribution in [0, 0.1) is 11.3 Å². The van der Waals surface area contributed by atoms with E-state index < -0.39 is 0 Å². The van der Waals surface area contributed by atoms with Crippen LogP contribution in [0.1, 0.15) is 5.56 Å². The van der Waals surface area contributed by atoms with Gasteiger partial charge in [-0.15, -0.1) is 0 Å². The predicted octanol–water partition coefficient (Wildman–Crippen LogP) is 4.73. The molecule has 0 fully saturated rings. The highest BCUT2D eigenvalue weighted by molar-refractivity contribution is 9.10. The molecule has 1 N–H and O–H groups in total. The van der Waals surface area contributed by atoms with Crippen molar-refractivity contribution in [3.63, 3.8) is 0 Å². The monoisotopic (exact) mass is 336 g/mol. The molecule has 5 heteroatoms. The Kier molecular flexibility index (Phi) is 4.31. The summed E-state index contributed by atoms with van der Waals surface area (Å²) in [6.07, 6.45) is 0. The third-order valence-corrected chi connectivity index (χ3v) is 3.48. The second kappa shape index (κ2) is 5.96. The topological polar surface area (TPSA) is 45.0 Å². The summed E-state index contributed by atoms with van der Waals surface area (Å²) in [7, 11) is 1.58. The Labute approximate surface area is 124 Å². The van der Waals surface area contributed by atoms with Gasteiger partial charge in [0.15, 0.2) is 0 Å². The maximum Gasteiger partial charge on any atom is 0.137 e. The number of nitrogens with zero attached hydrogens (tertiary/aromatic N) is 1. The van der Waals surface area contributed by atoms with Crippen molar-refractivity contribution in [3.05, 3.63) is 51.5 Å². The molecule has 0 aromatic heterocycles. The summed E-state index contributed by atoms with van der Waals surface area (Å²) in [4.78, 5) is 0. The van der Waals surface area contributed by atoms with Gasteiger partial charge in [-0.05, 0) is 52.3 Å². The molecule has 0 aliphatic rings. The SMILES string of the molecule is COc1ccc(Nc2ccc(C#N)c(Br)c2)cc1Cl. The van der Waals surface area contributed by atoms with Crippen LogP contribution in [-0.4, -0.2) is 7.11 Å². The Balaban J connectivity index is 2.24. The van der Waals surface area contributed by atoms with Crippen molar-refractivity contribution in [2.24, 2.45) is 0 Å². The number of methoxy groups -OCH3 is 1. The maximum absolute atomic E-state index is 8.86. The first-order valence-electron chi connectivity index (χ1n) is 5.44. The van der Waals surface area contributed by atoms with Gasteiger partial charge in [0.25, 0.3) is 0 Å². The second-order valence-electron chi connectivity index (χ2n) is 3.78. The van der Waals surface area contributed by atoms with Gasteiger partial charge in [0, 0.05) is 15.8 Å². The minimum Gasteiger partial charge on any atom is -0.495 e. The molecular formula is C14H10BrClN2O. The molecule has 96 valence electrons. The zero-order chi connectivity index (χ0) is 13.8. The smallest absolute Gasteiger partial charge is 0.137 e. The average Bonchev–Trinajstić information content (AvgIpc) is 2.39. The predicted molar refractivity (Wildman–Crippen MR) is 80.1 cm³/mol. The van der Waals surface area contributed by atoms with E-state index in [4.69, 9.17) is 21.6 Å². The normalized spacial score (nSPS) is 9.79. The first kappa shape index (κ1) is 13.7. The molecule has 0 amide bonds. The van der Waals surface area contributed by atoms with Crippen LogP contribution in [0.15, 0.2) is 40.9 Å². The molecule has 2 aromatic carbocycles. The van der Waals surface area contributed by atoms with Crippen LogP contribution in [0.4, 0.5) is 11.4 Å². The van der Waals surface area contributed by atoms with Crippen molar-refractivity contribution in [3.8, 4) is 11.8 Å². The fraction of sp³-hybridized carbons (Fsp3) is 0.0714. The zero-order valence-electron chi connectivity index (χ0n) is 10.1. The van der Waals surface area contributed by atoms with Gasteiger partial charge in [-0.3, -0.25) is 0 Å². The number of nitriles is 1. The Hall–Kier alpha value is -1.70. The molecule has 0 saturated heterocycles. The molecule has 0 aliphatic carbocycles. The summed E-state index contributed by atoms with van der Waals surface area (Å²) in [5.41, 5.74) is 2.31. The van der Waals surface area contributed by atoms with Gasteiger partial charge in [-0.2, -0.15) is 5.26 Å². The standard InChI is InChI=1S/C14H10BrClN2O/c1-19-14-5-4-11(7-13(14)16)18-10-3-2-9(8-17)12(15)6-10/h2-7,18H,1H3. The van der Waals surface area contributed by atoms with Gasteiger partial charge in [0.2, 0.25) is 0 Å². The highest BCUT2D eigenvalue weighted by Crippen LogP contribution is 2.29. The largest absolute Gasteiger partial charge is 0.495 e.